The zero-order valence-electron chi connectivity index (χ0n) is 7.55. The van der Waals surface area contributed by atoms with E-state index in [2.05, 4.69) is 4.90 Å². The molecule has 0 radical (unpaired) electrons. The van der Waals surface area contributed by atoms with Crippen molar-refractivity contribution in [1.29, 1.82) is 0 Å². The summed E-state index contributed by atoms with van der Waals surface area (Å²) < 4.78 is 18.3. The van der Waals surface area contributed by atoms with E-state index in [1.54, 1.807) is 7.11 Å². The molecule has 2 aliphatic heterocycles. The highest BCUT2D eigenvalue weighted by molar-refractivity contribution is 5.03. The summed E-state index contributed by atoms with van der Waals surface area (Å²) >= 11 is 0. The van der Waals surface area contributed by atoms with Gasteiger partial charge in [-0.15, -0.1) is 0 Å². The molecule has 0 N–H and O–H groups in total. The van der Waals surface area contributed by atoms with Gasteiger partial charge >= 0.3 is 0 Å². The molecule has 0 spiro atoms. The second-order valence-electron chi connectivity index (χ2n) is 4.01. The average Bonchev–Trinajstić information content (AvgIpc) is 2.44. The number of fused-ring (bicyclic) bond motifs is 1. The van der Waals surface area contributed by atoms with Gasteiger partial charge in [-0.3, -0.25) is 4.90 Å². The van der Waals surface area contributed by atoms with Crippen LogP contribution in [-0.4, -0.2) is 43.4 Å². The molecule has 2 fully saturated rings. The molecule has 12 heavy (non-hydrogen) atoms. The first-order valence-electron chi connectivity index (χ1n) is 4.65. The van der Waals surface area contributed by atoms with Crippen LogP contribution in [0.1, 0.15) is 19.3 Å². The first-order valence-corrected chi connectivity index (χ1v) is 4.65. The summed E-state index contributed by atoms with van der Waals surface area (Å²) in [5.74, 6) is 0. The molecule has 0 aromatic carbocycles. The Morgan fingerprint density at radius 2 is 2.50 bits per heavy atom. The maximum absolute atomic E-state index is 13.1. The number of methoxy groups -OCH3 is 1. The Morgan fingerprint density at radius 3 is 3.25 bits per heavy atom. The third-order valence-electron chi connectivity index (χ3n) is 3.17. The van der Waals surface area contributed by atoms with Crippen LogP contribution >= 0.6 is 0 Å². The molecule has 70 valence electrons. The molecule has 3 heteroatoms. The fourth-order valence-electron chi connectivity index (χ4n) is 2.72. The second kappa shape index (κ2) is 2.96. The van der Waals surface area contributed by atoms with Gasteiger partial charge in [0, 0.05) is 25.6 Å². The van der Waals surface area contributed by atoms with Crippen molar-refractivity contribution in [2.75, 3.05) is 26.8 Å². The van der Waals surface area contributed by atoms with Gasteiger partial charge in [-0.25, -0.2) is 4.39 Å². The number of alkyl halides is 1. The number of halogens is 1. The van der Waals surface area contributed by atoms with Crippen molar-refractivity contribution in [3.63, 3.8) is 0 Å². The lowest BCUT2D eigenvalue weighted by molar-refractivity contribution is 0.0652. The van der Waals surface area contributed by atoms with Gasteiger partial charge < -0.3 is 4.74 Å². The normalized spacial score (nSPS) is 42.0. The van der Waals surface area contributed by atoms with Crippen molar-refractivity contribution < 1.29 is 9.13 Å². The summed E-state index contributed by atoms with van der Waals surface area (Å²) in [6.07, 6.45) is 2.37. The zero-order chi connectivity index (χ0) is 8.60. The van der Waals surface area contributed by atoms with Gasteiger partial charge in [-0.05, 0) is 19.4 Å². The molecular formula is C9H16FNO. The van der Waals surface area contributed by atoms with Gasteiger partial charge in [-0.1, -0.05) is 0 Å². The van der Waals surface area contributed by atoms with Crippen LogP contribution in [0.2, 0.25) is 0 Å². The highest BCUT2D eigenvalue weighted by Crippen LogP contribution is 2.39. The molecule has 0 bridgehead atoms. The fraction of sp³-hybridized carbons (Fsp3) is 1.00. The summed E-state index contributed by atoms with van der Waals surface area (Å²) in [5.41, 5.74) is 0.0637. The molecule has 2 rings (SSSR count). The maximum Gasteiger partial charge on any atom is 0.115 e. The van der Waals surface area contributed by atoms with Gasteiger partial charge in [0.2, 0.25) is 0 Å². The summed E-state index contributed by atoms with van der Waals surface area (Å²) in [6.45, 7) is 2.39. The third kappa shape index (κ3) is 1.15. The van der Waals surface area contributed by atoms with Crippen molar-refractivity contribution >= 4 is 0 Å². The van der Waals surface area contributed by atoms with Crippen LogP contribution in [0.15, 0.2) is 0 Å². The van der Waals surface area contributed by atoms with Crippen LogP contribution in [0.5, 0.6) is 0 Å². The van der Waals surface area contributed by atoms with Gasteiger partial charge in [-0.2, -0.15) is 0 Å². The molecular weight excluding hydrogens is 157 g/mol. The SMILES string of the molecule is COCC12CCCN1C[C@@H](F)C2. The fourth-order valence-corrected chi connectivity index (χ4v) is 2.72. The topological polar surface area (TPSA) is 12.5 Å². The summed E-state index contributed by atoms with van der Waals surface area (Å²) in [7, 11) is 1.71. The number of hydrogen-bond acceptors (Lipinski definition) is 2. The van der Waals surface area contributed by atoms with E-state index in [9.17, 15) is 4.39 Å². The van der Waals surface area contributed by atoms with Crippen LogP contribution in [0, 0.1) is 0 Å². The summed E-state index contributed by atoms with van der Waals surface area (Å²) in [6, 6.07) is 0. The maximum atomic E-state index is 13.1. The molecule has 2 saturated heterocycles. The quantitative estimate of drug-likeness (QED) is 0.622. The van der Waals surface area contributed by atoms with E-state index in [0.29, 0.717) is 19.6 Å². The second-order valence-corrected chi connectivity index (χ2v) is 4.01. The largest absolute Gasteiger partial charge is 0.383 e. The highest BCUT2D eigenvalue weighted by Gasteiger charge is 2.48. The first-order chi connectivity index (χ1) is 5.77. The van der Waals surface area contributed by atoms with Crippen LogP contribution < -0.4 is 0 Å². The molecule has 1 unspecified atom stereocenters. The Balaban J connectivity index is 2.09. The van der Waals surface area contributed by atoms with E-state index in [1.165, 1.54) is 6.42 Å². The Kier molecular flexibility index (Phi) is 2.09. The minimum Gasteiger partial charge on any atom is -0.383 e. The first kappa shape index (κ1) is 8.45. The van der Waals surface area contributed by atoms with Crippen molar-refractivity contribution in [2.45, 2.75) is 31.0 Å². The molecule has 0 aromatic heterocycles. The number of hydrogen-bond donors (Lipinski definition) is 0. The number of ether oxygens (including phenoxy) is 1. The molecule has 0 saturated carbocycles. The van der Waals surface area contributed by atoms with E-state index < -0.39 is 6.17 Å². The Labute approximate surface area is 72.7 Å². The van der Waals surface area contributed by atoms with Crippen LogP contribution in [0.3, 0.4) is 0 Å². The minimum absolute atomic E-state index is 0.0637. The molecule has 0 aromatic rings. The molecule has 2 heterocycles. The van der Waals surface area contributed by atoms with E-state index in [0.717, 1.165) is 13.0 Å². The van der Waals surface area contributed by atoms with Crippen LogP contribution in [-0.2, 0) is 4.74 Å². The summed E-state index contributed by atoms with van der Waals surface area (Å²) in [4.78, 5) is 2.27. The molecule has 0 aliphatic carbocycles. The Hall–Kier alpha value is -0.150. The molecule has 2 aliphatic rings. The standard InChI is InChI=1S/C9H16FNO/c1-12-7-9-3-2-4-11(9)6-8(10)5-9/h8H,2-7H2,1H3/t8-,9?/m0/s1. The number of nitrogens with zero attached hydrogens (tertiary/aromatic N) is 1. The molecule has 2 nitrogen and oxygen atoms in total. The third-order valence-corrected chi connectivity index (χ3v) is 3.17. The van der Waals surface area contributed by atoms with Gasteiger partial charge in [0.05, 0.1) is 6.61 Å². The van der Waals surface area contributed by atoms with E-state index >= 15 is 0 Å². The van der Waals surface area contributed by atoms with Gasteiger partial charge in [0.15, 0.2) is 0 Å². The van der Waals surface area contributed by atoms with Gasteiger partial charge in [0.1, 0.15) is 6.17 Å². The van der Waals surface area contributed by atoms with Crippen LogP contribution in [0.4, 0.5) is 4.39 Å². The highest BCUT2D eigenvalue weighted by atomic mass is 19.1. The Bertz CT molecular complexity index is 176. The lowest BCUT2D eigenvalue weighted by Crippen LogP contribution is -2.42. The minimum atomic E-state index is -0.625. The monoisotopic (exact) mass is 173 g/mol. The van der Waals surface area contributed by atoms with E-state index in [-0.39, 0.29) is 5.54 Å². The van der Waals surface area contributed by atoms with E-state index in [1.807, 2.05) is 0 Å². The summed E-state index contributed by atoms with van der Waals surface area (Å²) in [5, 5.41) is 0. The average molecular weight is 173 g/mol. The van der Waals surface area contributed by atoms with Crippen molar-refractivity contribution in [3.05, 3.63) is 0 Å². The van der Waals surface area contributed by atoms with Gasteiger partial charge in [0.25, 0.3) is 0 Å². The van der Waals surface area contributed by atoms with Crippen molar-refractivity contribution in [1.82, 2.24) is 4.90 Å². The predicted octanol–water partition coefficient (Wildman–Crippen LogP) is 1.21. The lowest BCUT2D eigenvalue weighted by atomic mass is 9.95. The molecule has 0 amide bonds. The van der Waals surface area contributed by atoms with Crippen molar-refractivity contribution in [2.24, 2.45) is 0 Å². The van der Waals surface area contributed by atoms with E-state index in [4.69, 9.17) is 4.74 Å². The molecule has 2 atom stereocenters. The smallest absolute Gasteiger partial charge is 0.115 e. The predicted molar refractivity (Wildman–Crippen MR) is 44.9 cm³/mol. The number of rotatable bonds is 2. The Morgan fingerprint density at radius 1 is 1.67 bits per heavy atom. The lowest BCUT2D eigenvalue weighted by Gasteiger charge is -2.30. The zero-order valence-corrected chi connectivity index (χ0v) is 7.55. The van der Waals surface area contributed by atoms with Crippen LogP contribution in [0.25, 0.3) is 0 Å². The van der Waals surface area contributed by atoms with Crippen molar-refractivity contribution in [3.8, 4) is 0 Å².